The van der Waals surface area contributed by atoms with E-state index in [9.17, 15) is 19.2 Å². The lowest BCUT2D eigenvalue weighted by Crippen LogP contribution is -2.41. The van der Waals surface area contributed by atoms with Gasteiger partial charge in [0.05, 0.1) is 16.9 Å². The van der Waals surface area contributed by atoms with Crippen LogP contribution in [0.1, 0.15) is 56.8 Å². The number of nitrogens with zero attached hydrogens (tertiary/aromatic N) is 3. The lowest BCUT2D eigenvalue weighted by Gasteiger charge is -2.22. The molecule has 0 bridgehead atoms. The molecule has 4 aromatic carbocycles. The fourth-order valence-corrected chi connectivity index (χ4v) is 7.87. The third-order valence-corrected chi connectivity index (χ3v) is 10.4. The number of carbonyl (C=O) groups is 2. The fourth-order valence-electron chi connectivity index (χ4n) is 7.87. The van der Waals surface area contributed by atoms with Crippen LogP contribution in [0.15, 0.2) is 62.7 Å². The van der Waals surface area contributed by atoms with Gasteiger partial charge < -0.3 is 34.0 Å². The number of aromatic nitrogens is 1. The molecule has 51 heavy (non-hydrogen) atoms. The van der Waals surface area contributed by atoms with Crippen molar-refractivity contribution in [1.29, 1.82) is 0 Å². The number of carbonyl (C=O) groups excluding carboxylic acids is 2. The van der Waals surface area contributed by atoms with Crippen molar-refractivity contribution in [3.05, 3.63) is 80.5 Å². The first-order valence-electron chi connectivity index (χ1n) is 17.5. The maximum Gasteiger partial charge on any atom is 0.407 e. The molecule has 2 atom stereocenters. The summed E-state index contributed by atoms with van der Waals surface area (Å²) in [5.74, 6) is -1.21. The number of halogens is 1. The molecule has 8 rings (SSSR count). The monoisotopic (exact) mass is 693 g/mol. The number of likely N-dealkylation sites (tertiary alicyclic amines) is 2. The van der Waals surface area contributed by atoms with Crippen LogP contribution in [0.5, 0.6) is 0 Å². The molecule has 0 aliphatic carbocycles. The average Bonchev–Trinajstić information content (AvgIpc) is 3.79. The van der Waals surface area contributed by atoms with E-state index in [4.69, 9.17) is 9.15 Å². The van der Waals surface area contributed by atoms with Crippen LogP contribution < -0.4 is 21.5 Å². The fraction of sp³-hybridized carbons (Fsp3) is 0.385. The Balaban J connectivity index is 1.26. The maximum atomic E-state index is 16.1. The normalized spacial score (nSPS) is 18.6. The first-order chi connectivity index (χ1) is 24.4. The Morgan fingerprint density at radius 3 is 2.51 bits per heavy atom. The number of anilines is 1. The summed E-state index contributed by atoms with van der Waals surface area (Å²) in [6, 6.07) is 12.0. The summed E-state index contributed by atoms with van der Waals surface area (Å²) in [6.07, 6.45) is 4.38. The highest BCUT2D eigenvalue weighted by atomic mass is 19.1. The van der Waals surface area contributed by atoms with Gasteiger partial charge in [-0.3, -0.25) is 14.4 Å². The summed E-state index contributed by atoms with van der Waals surface area (Å²) in [5.41, 5.74) is -0.187. The van der Waals surface area contributed by atoms with Crippen LogP contribution in [0.3, 0.4) is 0 Å². The van der Waals surface area contributed by atoms with Gasteiger partial charge in [-0.05, 0) is 89.0 Å². The third kappa shape index (κ3) is 5.71. The van der Waals surface area contributed by atoms with E-state index in [1.54, 1.807) is 37.3 Å². The smallest absolute Gasteiger partial charge is 0.407 e. The first kappa shape index (κ1) is 32.9. The summed E-state index contributed by atoms with van der Waals surface area (Å²) in [4.78, 5) is 57.9. The van der Waals surface area contributed by atoms with Gasteiger partial charge in [0.2, 0.25) is 5.43 Å². The Hall–Kier alpha value is -5.23. The molecule has 6 aromatic rings. The summed E-state index contributed by atoms with van der Waals surface area (Å²) in [5, 5.41) is 8.57. The van der Waals surface area contributed by atoms with Gasteiger partial charge in [0, 0.05) is 42.6 Å². The van der Waals surface area contributed by atoms with Gasteiger partial charge in [-0.25, -0.2) is 9.18 Å². The number of pyridine rings is 1. The second kappa shape index (κ2) is 12.2. The molecule has 4 heterocycles. The highest BCUT2D eigenvalue weighted by molar-refractivity contribution is 6.15. The predicted octanol–water partition coefficient (Wildman–Crippen LogP) is 6.08. The SMILES string of the molecule is CN1CCCC1CCNc1c(F)cc2c(=O)c(C(=O)N3CC[C@H](NC(=O)OC(C)(C)C)C3)cn3c4cc5c(cc4oc1c23)c(=O)c1ccccc15. The van der Waals surface area contributed by atoms with Crippen LogP contribution in [-0.2, 0) is 4.74 Å². The summed E-state index contributed by atoms with van der Waals surface area (Å²) >= 11 is 0. The van der Waals surface area contributed by atoms with Crippen molar-refractivity contribution >= 4 is 66.8 Å². The van der Waals surface area contributed by atoms with E-state index in [-0.39, 0.29) is 40.2 Å². The molecule has 11 nitrogen and oxygen atoms in total. The van der Waals surface area contributed by atoms with E-state index in [1.807, 2.05) is 24.3 Å². The summed E-state index contributed by atoms with van der Waals surface area (Å²) in [6.45, 7) is 7.31. The van der Waals surface area contributed by atoms with Gasteiger partial charge in [-0.15, -0.1) is 0 Å². The largest absolute Gasteiger partial charge is 0.451 e. The van der Waals surface area contributed by atoms with Crippen molar-refractivity contribution < 1.29 is 23.1 Å². The van der Waals surface area contributed by atoms with Crippen molar-refractivity contribution in [2.75, 3.05) is 38.5 Å². The van der Waals surface area contributed by atoms with E-state index < -0.39 is 28.8 Å². The van der Waals surface area contributed by atoms with Crippen LogP contribution >= 0.6 is 0 Å². The zero-order chi connectivity index (χ0) is 35.8. The van der Waals surface area contributed by atoms with Crippen LogP contribution in [0.4, 0.5) is 14.9 Å². The minimum absolute atomic E-state index is 0.000298. The zero-order valence-electron chi connectivity index (χ0n) is 29.1. The van der Waals surface area contributed by atoms with E-state index in [1.165, 1.54) is 17.2 Å². The Morgan fingerprint density at radius 2 is 1.76 bits per heavy atom. The average molecular weight is 694 g/mol. The van der Waals surface area contributed by atoms with Gasteiger partial charge in [0.25, 0.3) is 5.91 Å². The van der Waals surface area contributed by atoms with Gasteiger partial charge in [-0.2, -0.15) is 0 Å². The molecule has 2 N–H and O–H groups in total. The third-order valence-electron chi connectivity index (χ3n) is 10.4. The number of hydrogen-bond acceptors (Lipinski definition) is 8. The second-order valence-electron chi connectivity index (χ2n) is 14.9. The molecule has 2 aliphatic heterocycles. The highest BCUT2D eigenvalue weighted by Crippen LogP contribution is 2.36. The number of ether oxygens (including phenoxy) is 1. The number of alkyl carbamates (subject to hydrolysis) is 1. The predicted molar refractivity (Wildman–Crippen MR) is 196 cm³/mol. The molecule has 0 spiro atoms. The number of nitrogens with one attached hydrogen (secondary N) is 2. The van der Waals surface area contributed by atoms with Crippen LogP contribution in [0.25, 0.3) is 49.1 Å². The number of fused-ring (bicyclic) bond motifs is 5. The van der Waals surface area contributed by atoms with E-state index in [2.05, 4.69) is 22.6 Å². The van der Waals surface area contributed by atoms with Gasteiger partial charge in [0.1, 0.15) is 22.4 Å². The number of rotatable bonds is 6. The van der Waals surface area contributed by atoms with Crippen LogP contribution in [-0.4, -0.2) is 77.1 Å². The minimum Gasteiger partial charge on any atom is -0.451 e. The lowest BCUT2D eigenvalue weighted by molar-refractivity contribution is 0.0502. The van der Waals surface area contributed by atoms with Crippen molar-refractivity contribution in [2.24, 2.45) is 0 Å². The quantitative estimate of drug-likeness (QED) is 0.159. The molecule has 264 valence electrons. The molecule has 0 radical (unpaired) electrons. The lowest BCUT2D eigenvalue weighted by atomic mass is 10.1. The van der Waals surface area contributed by atoms with E-state index in [0.29, 0.717) is 58.3 Å². The highest BCUT2D eigenvalue weighted by Gasteiger charge is 2.32. The van der Waals surface area contributed by atoms with Crippen molar-refractivity contribution in [2.45, 2.75) is 64.1 Å². The molecule has 2 saturated heterocycles. The maximum absolute atomic E-state index is 16.1. The van der Waals surface area contributed by atoms with Gasteiger partial charge in [0.15, 0.2) is 22.4 Å². The van der Waals surface area contributed by atoms with Gasteiger partial charge >= 0.3 is 6.09 Å². The molecule has 2 aliphatic rings. The molecular formula is C39H40FN5O6. The first-order valence-corrected chi connectivity index (χ1v) is 17.5. The number of hydrogen-bond donors (Lipinski definition) is 2. The summed E-state index contributed by atoms with van der Waals surface area (Å²) in [7, 11) is 2.09. The van der Waals surface area contributed by atoms with Crippen molar-refractivity contribution in [3.8, 4) is 0 Å². The molecule has 12 heteroatoms. The van der Waals surface area contributed by atoms with E-state index >= 15 is 4.39 Å². The van der Waals surface area contributed by atoms with Crippen LogP contribution in [0.2, 0.25) is 0 Å². The van der Waals surface area contributed by atoms with E-state index in [0.717, 1.165) is 31.2 Å². The molecule has 2 fully saturated rings. The van der Waals surface area contributed by atoms with Crippen molar-refractivity contribution in [1.82, 2.24) is 19.5 Å². The standard InChI is InChI=1S/C39H40FN5O6/c1-39(2,3)51-38(49)42-21-12-15-44(19-21)37(48)28-20-45-30-17-25-23-9-5-6-10-24(23)34(46)26(25)18-31(30)50-36-32(29(40)16-27(33(36)45)35(28)47)41-13-11-22-8-7-14-43(22)4/h5-6,9-10,16-18,20-22,41H,7-8,11-15,19H2,1-4H3,(H,42,49)/t21-,22?/m0/s1. The molecule has 0 saturated carbocycles. The zero-order valence-corrected chi connectivity index (χ0v) is 29.1. The second-order valence-corrected chi connectivity index (χ2v) is 14.9. The van der Waals surface area contributed by atoms with Crippen LogP contribution in [0, 0.1) is 5.82 Å². The molecular weight excluding hydrogens is 653 g/mol. The Bertz CT molecular complexity index is 2500. The minimum atomic E-state index is -0.679. The number of amides is 2. The topological polar surface area (TPSA) is 126 Å². The molecule has 2 aromatic heterocycles. The molecule has 1 unspecified atom stereocenters. The Labute approximate surface area is 292 Å². The Kier molecular flexibility index (Phi) is 7.90. The Morgan fingerprint density at radius 1 is 0.980 bits per heavy atom. The van der Waals surface area contributed by atoms with Crippen molar-refractivity contribution in [3.63, 3.8) is 0 Å². The van der Waals surface area contributed by atoms with Gasteiger partial charge in [-0.1, -0.05) is 24.3 Å². The summed E-state index contributed by atoms with van der Waals surface area (Å²) < 4.78 is 29.7. The number of benzene rings is 3. The molecule has 2 amide bonds.